The first kappa shape index (κ1) is 44.7. The van der Waals surface area contributed by atoms with Crippen molar-refractivity contribution in [2.45, 2.75) is 94.7 Å². The summed E-state index contributed by atoms with van der Waals surface area (Å²) in [5.41, 5.74) is -0.325. The number of aromatic nitrogens is 2. The molecule has 2 aromatic carbocycles. The maximum Gasteiger partial charge on any atom is 0.259 e. The minimum atomic E-state index is -3.94. The molecule has 18 heteroatoms. The molecule has 0 bridgehead atoms. The van der Waals surface area contributed by atoms with Gasteiger partial charge in [0, 0.05) is 60.0 Å². The van der Waals surface area contributed by atoms with E-state index in [9.17, 15) is 27.6 Å². The van der Waals surface area contributed by atoms with E-state index in [4.69, 9.17) is 14.5 Å². The van der Waals surface area contributed by atoms with Crippen molar-refractivity contribution < 1.29 is 41.9 Å². The van der Waals surface area contributed by atoms with Crippen LogP contribution >= 0.6 is 11.3 Å². The van der Waals surface area contributed by atoms with Crippen LogP contribution in [0.4, 0.5) is 5.13 Å². The van der Waals surface area contributed by atoms with E-state index in [0.717, 1.165) is 5.56 Å². The number of amides is 5. The smallest absolute Gasteiger partial charge is 0.259 e. The Bertz CT molecular complexity index is 2580. The van der Waals surface area contributed by atoms with E-state index in [-0.39, 0.29) is 37.6 Å². The molecule has 5 amide bonds. The van der Waals surface area contributed by atoms with Crippen molar-refractivity contribution in [3.05, 3.63) is 78.8 Å². The zero-order chi connectivity index (χ0) is 45.6. The van der Waals surface area contributed by atoms with Gasteiger partial charge in [0.25, 0.3) is 5.91 Å². The molecule has 2 aliphatic carbocycles. The van der Waals surface area contributed by atoms with Gasteiger partial charge in [-0.15, -0.1) is 17.9 Å². The Labute approximate surface area is 376 Å². The lowest BCUT2D eigenvalue weighted by Crippen LogP contribution is -2.57. The Morgan fingerprint density at radius 2 is 1.78 bits per heavy atom. The van der Waals surface area contributed by atoms with Gasteiger partial charge in [0.2, 0.25) is 33.7 Å². The third-order valence-electron chi connectivity index (χ3n) is 12.7. The van der Waals surface area contributed by atoms with Crippen LogP contribution in [0.2, 0.25) is 0 Å². The lowest BCUT2D eigenvalue weighted by Gasteiger charge is -2.36. The molecule has 64 heavy (non-hydrogen) atoms. The highest BCUT2D eigenvalue weighted by atomic mass is 32.2. The number of likely N-dealkylation sites (tertiary alicyclic amines) is 2. The van der Waals surface area contributed by atoms with Gasteiger partial charge < -0.3 is 29.9 Å². The molecule has 4 fully saturated rings. The van der Waals surface area contributed by atoms with Crippen LogP contribution in [0.5, 0.6) is 11.5 Å². The Hall–Kier alpha value is -5.88. The first-order chi connectivity index (χ1) is 30.5. The fraction of sp³-hybridized carbons (Fsp3) is 0.457. The normalized spacial score (nSPS) is 23.6. The van der Waals surface area contributed by atoms with Crippen molar-refractivity contribution in [2.24, 2.45) is 17.3 Å². The number of hydrogen-bond donors (Lipinski definition) is 3. The van der Waals surface area contributed by atoms with Crippen LogP contribution < -0.4 is 24.8 Å². The molecule has 2 aromatic heterocycles. The van der Waals surface area contributed by atoms with E-state index in [1.807, 2.05) is 63.2 Å². The molecule has 4 heterocycles. The van der Waals surface area contributed by atoms with Gasteiger partial charge >= 0.3 is 0 Å². The Morgan fingerprint density at radius 1 is 1.02 bits per heavy atom. The second-order valence-corrected chi connectivity index (χ2v) is 21.0. The van der Waals surface area contributed by atoms with Crippen LogP contribution in [0.15, 0.2) is 78.8 Å². The average Bonchev–Trinajstić information content (AvgIpc) is 4.04. The molecule has 4 aliphatic rings. The number of sulfonamides is 1. The number of nitrogens with one attached hydrogen (secondary N) is 3. The van der Waals surface area contributed by atoms with Gasteiger partial charge in [-0.3, -0.25) is 28.7 Å². The molecular formula is C46H53N7O9S2. The van der Waals surface area contributed by atoms with Crippen molar-refractivity contribution in [1.82, 2.24) is 29.8 Å². The number of hydrogen-bond acceptors (Lipinski definition) is 12. The van der Waals surface area contributed by atoms with Gasteiger partial charge in [-0.2, -0.15) is 0 Å². The number of thiazole rings is 1. The number of carbonyl (C=O) groups is 5. The highest BCUT2D eigenvalue weighted by Gasteiger charge is 2.62. The summed E-state index contributed by atoms with van der Waals surface area (Å²) < 4.78 is 40.2. The number of benzene rings is 2. The molecule has 3 N–H and O–H groups in total. The Morgan fingerprint density at radius 3 is 2.44 bits per heavy atom. The Kier molecular flexibility index (Phi) is 12.3. The maximum absolute atomic E-state index is 15.1. The van der Waals surface area contributed by atoms with Crippen LogP contribution in [0, 0.1) is 17.3 Å². The molecule has 338 valence electrons. The minimum absolute atomic E-state index is 0.00494. The summed E-state index contributed by atoms with van der Waals surface area (Å²) in [5, 5.41) is 7.81. The van der Waals surface area contributed by atoms with Gasteiger partial charge in [-0.05, 0) is 49.7 Å². The van der Waals surface area contributed by atoms with Gasteiger partial charge in [0.05, 0.1) is 36.0 Å². The summed E-state index contributed by atoms with van der Waals surface area (Å²) >= 11 is 1.27. The SMILES string of the molecule is C=CC1C[C@]1(NC(=O)[C@@H]1C[C@@H](Oc2cc(-c3ccccc3)nc3cc(OC)ccc23)CN1C(=O)[C@@H](CC(=O)N1CCC[C@H]1C(=O)Nc1nccs1)C(C)(C)C)C(=O)NS(=O)(=O)C1CC1. The van der Waals surface area contributed by atoms with Crippen LogP contribution in [0.3, 0.4) is 0 Å². The predicted molar refractivity (Wildman–Crippen MR) is 241 cm³/mol. The van der Waals surface area contributed by atoms with Crippen molar-refractivity contribution in [1.29, 1.82) is 0 Å². The molecule has 2 saturated heterocycles. The fourth-order valence-electron chi connectivity index (χ4n) is 8.80. The van der Waals surface area contributed by atoms with E-state index < -0.39 is 74.0 Å². The summed E-state index contributed by atoms with van der Waals surface area (Å²) in [6, 6.07) is 14.9. The summed E-state index contributed by atoms with van der Waals surface area (Å²) in [7, 11) is -2.38. The maximum atomic E-state index is 15.1. The molecule has 0 radical (unpaired) electrons. The first-order valence-corrected chi connectivity index (χ1v) is 24.0. The minimum Gasteiger partial charge on any atom is -0.497 e. The van der Waals surface area contributed by atoms with Crippen molar-refractivity contribution in [3.8, 4) is 22.8 Å². The highest BCUT2D eigenvalue weighted by molar-refractivity contribution is 7.91. The molecular weight excluding hydrogens is 859 g/mol. The molecule has 4 aromatic rings. The van der Waals surface area contributed by atoms with E-state index in [2.05, 4.69) is 26.9 Å². The van der Waals surface area contributed by atoms with E-state index in [1.165, 1.54) is 27.2 Å². The molecule has 8 rings (SSSR count). The summed E-state index contributed by atoms with van der Waals surface area (Å²) in [5.74, 6) is -3.18. The van der Waals surface area contributed by atoms with Crippen molar-refractivity contribution in [3.63, 3.8) is 0 Å². The highest BCUT2D eigenvalue weighted by Crippen LogP contribution is 2.46. The van der Waals surface area contributed by atoms with Crippen molar-refractivity contribution in [2.75, 3.05) is 25.5 Å². The van der Waals surface area contributed by atoms with E-state index >= 15 is 4.79 Å². The zero-order valence-corrected chi connectivity index (χ0v) is 37.9. The lowest BCUT2D eigenvalue weighted by atomic mass is 9.77. The standard InChI is InChI=1S/C46H53N7O9S2/c1-6-28-25-46(28,43(58)51-64(59,60)31-15-16-31)50-41(56)37-22-30(62-38-24-34(27-11-8-7-9-12-27)48-35-21-29(61-5)14-17-32(35)38)26-53(37)42(57)33(45(2,3)4)23-39(54)52-19-10-13-36(52)40(55)49-44-47-18-20-63-44/h6-9,11-12,14,17-18,20-21,24,28,30-31,33,36-37H,1,10,13,15-16,19,22-23,25-26H2,2-5H3,(H,50,56)(H,51,58)(H,47,49,55)/t28?,30-,33-,36+,37+,46-/m1/s1. The number of carbonyl (C=O) groups excluding carboxylic acids is 5. The number of pyridine rings is 1. The fourth-order valence-corrected chi connectivity index (χ4v) is 10.7. The van der Waals surface area contributed by atoms with Crippen LogP contribution in [0.25, 0.3) is 22.2 Å². The van der Waals surface area contributed by atoms with Gasteiger partial charge in [0.1, 0.15) is 35.2 Å². The number of rotatable bonds is 15. The van der Waals surface area contributed by atoms with E-state index in [1.54, 1.807) is 30.8 Å². The number of methoxy groups -OCH3 is 1. The number of nitrogens with zero attached hydrogens (tertiary/aromatic N) is 4. The quantitative estimate of drug-likeness (QED) is 0.134. The monoisotopic (exact) mass is 911 g/mol. The van der Waals surface area contributed by atoms with Crippen molar-refractivity contribution >= 4 is 66.9 Å². The molecule has 1 unspecified atom stereocenters. The van der Waals surface area contributed by atoms with Gasteiger partial charge in [0.15, 0.2) is 5.13 Å². The first-order valence-electron chi connectivity index (χ1n) is 21.5. The largest absolute Gasteiger partial charge is 0.497 e. The number of anilines is 1. The zero-order valence-electron chi connectivity index (χ0n) is 36.2. The topological polar surface area (TPSA) is 206 Å². The average molecular weight is 912 g/mol. The van der Waals surface area contributed by atoms with Gasteiger partial charge in [-0.1, -0.05) is 57.2 Å². The third kappa shape index (κ3) is 9.20. The summed E-state index contributed by atoms with van der Waals surface area (Å²) in [4.78, 5) is 83.1. The molecule has 2 saturated carbocycles. The van der Waals surface area contributed by atoms with Crippen LogP contribution in [-0.4, -0.2) is 107 Å². The van der Waals surface area contributed by atoms with E-state index in [0.29, 0.717) is 65.5 Å². The van der Waals surface area contributed by atoms with Crippen LogP contribution in [-0.2, 0) is 34.0 Å². The number of ether oxygens (including phenoxy) is 2. The third-order valence-corrected chi connectivity index (χ3v) is 15.2. The predicted octanol–water partition coefficient (Wildman–Crippen LogP) is 5.07. The second-order valence-electron chi connectivity index (χ2n) is 18.1. The van der Waals surface area contributed by atoms with Crippen LogP contribution in [0.1, 0.15) is 65.7 Å². The molecule has 16 nitrogen and oxygen atoms in total. The molecule has 2 aliphatic heterocycles. The summed E-state index contributed by atoms with van der Waals surface area (Å²) in [6.07, 6.45) is 4.16. The second kappa shape index (κ2) is 17.6. The molecule has 0 spiro atoms. The number of fused-ring (bicyclic) bond motifs is 1. The lowest BCUT2D eigenvalue weighted by molar-refractivity contribution is -0.149. The molecule has 6 atom stereocenters. The summed E-state index contributed by atoms with van der Waals surface area (Å²) in [6.45, 7) is 9.64. The Balaban J connectivity index is 1.10. The van der Waals surface area contributed by atoms with Gasteiger partial charge in [-0.25, -0.2) is 18.4 Å².